The third-order valence-electron chi connectivity index (χ3n) is 11.6. The highest BCUT2D eigenvalue weighted by Crippen LogP contribution is 2.40. The summed E-state index contributed by atoms with van der Waals surface area (Å²) in [6.45, 7) is 14.7. The van der Waals surface area contributed by atoms with E-state index in [0.717, 1.165) is 0 Å². The predicted molar refractivity (Wildman–Crippen MR) is 182 cm³/mol. The van der Waals surface area contributed by atoms with Gasteiger partial charge in [0.05, 0.1) is 47.6 Å². The number of rotatable bonds is 7. The van der Waals surface area contributed by atoms with Gasteiger partial charge in [0, 0.05) is 37.8 Å². The van der Waals surface area contributed by atoms with Gasteiger partial charge in [-0.15, -0.1) is 0 Å². The number of carbonyl (C=O) groups excluding carboxylic acids is 2. The number of methoxy groups -OCH3 is 1. The maximum Gasteiger partial charge on any atom is 0.311 e. The molecule has 14 heteroatoms. The summed E-state index contributed by atoms with van der Waals surface area (Å²) in [7, 11) is 5.17. The number of aliphatic hydroxyl groups is 5. The number of nitrogens with zero attached hydrogens (tertiary/aromatic N) is 1. The summed E-state index contributed by atoms with van der Waals surface area (Å²) >= 11 is 0. The van der Waals surface area contributed by atoms with Gasteiger partial charge in [-0.2, -0.15) is 0 Å². The number of aliphatic hydroxyl groups excluding tert-OH is 3. The van der Waals surface area contributed by atoms with Gasteiger partial charge in [-0.3, -0.25) is 9.59 Å². The maximum atomic E-state index is 14.0. The van der Waals surface area contributed by atoms with Crippen LogP contribution in [-0.2, 0) is 38.0 Å². The SMILES string of the molecule is CC[C@H]1OC(=O)[C@H](C)[C@@H](OC2CC(C)(OC)C(O)C(C)O2)[C@H](C)[C@@H](OC2OC(C)CC(N(C)C)C2O)[C@](C)(O)CCC(=O)[C@H](C)[C@@H](O)[C@]1(C)O. The summed E-state index contributed by atoms with van der Waals surface area (Å²) in [6.07, 6.45) is -9.78. The van der Waals surface area contributed by atoms with E-state index in [0.29, 0.717) is 6.42 Å². The fourth-order valence-corrected chi connectivity index (χ4v) is 7.89. The lowest BCUT2D eigenvalue weighted by molar-refractivity contribution is -0.317. The molecule has 8 unspecified atom stereocenters. The van der Waals surface area contributed by atoms with Crippen LogP contribution < -0.4 is 0 Å². The Labute approximate surface area is 297 Å². The molecule has 3 aliphatic rings. The second-order valence-electron chi connectivity index (χ2n) is 15.9. The highest BCUT2D eigenvalue weighted by molar-refractivity contribution is 5.81. The van der Waals surface area contributed by atoms with Crippen molar-refractivity contribution in [3.8, 4) is 0 Å². The molecular formula is C36H65NO13. The number of hydrogen-bond donors (Lipinski definition) is 5. The molecular weight excluding hydrogens is 654 g/mol. The van der Waals surface area contributed by atoms with Crippen molar-refractivity contribution < 1.29 is 63.5 Å². The van der Waals surface area contributed by atoms with Gasteiger partial charge in [0.25, 0.3) is 0 Å². The Balaban J connectivity index is 2.14. The first-order valence-electron chi connectivity index (χ1n) is 18.1. The van der Waals surface area contributed by atoms with Crippen LogP contribution in [0, 0.1) is 17.8 Å². The smallest absolute Gasteiger partial charge is 0.311 e. The monoisotopic (exact) mass is 719 g/mol. The van der Waals surface area contributed by atoms with Gasteiger partial charge in [-0.1, -0.05) is 20.8 Å². The van der Waals surface area contributed by atoms with Crippen LogP contribution in [-0.4, -0.2) is 148 Å². The molecule has 292 valence electrons. The second kappa shape index (κ2) is 16.8. The van der Waals surface area contributed by atoms with Crippen LogP contribution in [0.5, 0.6) is 0 Å². The normalized spacial score (nSPS) is 49.0. The van der Waals surface area contributed by atoms with Crippen LogP contribution in [0.25, 0.3) is 0 Å². The lowest BCUT2D eigenvalue weighted by atomic mass is 9.76. The average Bonchev–Trinajstić information content (AvgIpc) is 3.05. The molecule has 0 spiro atoms. The Morgan fingerprint density at radius 3 is 2.10 bits per heavy atom. The Morgan fingerprint density at radius 1 is 0.920 bits per heavy atom. The molecule has 14 nitrogen and oxygen atoms in total. The fourth-order valence-electron chi connectivity index (χ4n) is 7.89. The lowest BCUT2D eigenvalue weighted by Gasteiger charge is -2.48. The number of carbonyl (C=O) groups is 2. The van der Waals surface area contributed by atoms with Crippen LogP contribution in [0.15, 0.2) is 0 Å². The molecule has 3 fully saturated rings. The van der Waals surface area contributed by atoms with Gasteiger partial charge >= 0.3 is 5.97 Å². The van der Waals surface area contributed by atoms with Crippen LogP contribution in [0.1, 0.15) is 94.4 Å². The molecule has 3 heterocycles. The molecule has 0 aliphatic carbocycles. The van der Waals surface area contributed by atoms with Crippen molar-refractivity contribution in [3.05, 3.63) is 0 Å². The number of Topliss-reactive ketones (excluding diaryl/α,β-unsaturated/α-hetero) is 1. The predicted octanol–water partition coefficient (Wildman–Crippen LogP) is 1.54. The number of ketones is 1. The van der Waals surface area contributed by atoms with E-state index in [1.165, 1.54) is 27.9 Å². The highest BCUT2D eigenvalue weighted by Gasteiger charge is 2.52. The summed E-state index contributed by atoms with van der Waals surface area (Å²) in [4.78, 5) is 29.4. The fraction of sp³-hybridized carbons (Fsp3) is 0.944. The molecule has 0 bridgehead atoms. The van der Waals surface area contributed by atoms with Crippen molar-refractivity contribution in [2.24, 2.45) is 17.8 Å². The molecule has 0 radical (unpaired) electrons. The van der Waals surface area contributed by atoms with Gasteiger partial charge < -0.3 is 58.9 Å². The number of likely N-dealkylation sites (N-methyl/N-ethyl adjacent to an activating group) is 1. The first-order chi connectivity index (χ1) is 23.0. The first-order valence-corrected chi connectivity index (χ1v) is 18.1. The zero-order chi connectivity index (χ0) is 38.1. The molecule has 3 rings (SSSR count). The van der Waals surface area contributed by atoms with Gasteiger partial charge in [0.1, 0.15) is 29.7 Å². The van der Waals surface area contributed by atoms with E-state index in [2.05, 4.69) is 0 Å². The van der Waals surface area contributed by atoms with E-state index < -0.39 is 102 Å². The summed E-state index contributed by atoms with van der Waals surface area (Å²) in [5.74, 6) is -4.12. The van der Waals surface area contributed by atoms with Gasteiger partial charge in [-0.25, -0.2) is 0 Å². The maximum absolute atomic E-state index is 14.0. The number of hydrogen-bond acceptors (Lipinski definition) is 14. The summed E-state index contributed by atoms with van der Waals surface area (Å²) < 4.78 is 36.9. The van der Waals surface area contributed by atoms with Crippen molar-refractivity contribution in [2.45, 2.75) is 179 Å². The topological polar surface area (TPSA) is 194 Å². The minimum absolute atomic E-state index is 0.0965. The van der Waals surface area contributed by atoms with Crippen LogP contribution in [0.3, 0.4) is 0 Å². The molecule has 0 aromatic carbocycles. The van der Waals surface area contributed by atoms with E-state index >= 15 is 0 Å². The molecule has 0 saturated carbocycles. The standard InChI is InChI=1S/C36H65NO13/c1-13-25-36(9,44)29(40)19(3)24(38)14-15-34(7,43)31(50-33-27(39)23(37(10)11)16-18(2)46-33)20(4)28(21(5)32(42)48-25)49-26-17-35(8,45-12)30(41)22(6)47-26/h18-23,25-31,33,39-41,43-44H,13-17H2,1-12H3/t18?,19-,20-,21+,22?,23?,25+,26?,27?,28-,29+,30?,31+,33?,34+,35?,36+/m0/s1. The zero-order valence-electron chi connectivity index (χ0n) is 32.1. The lowest BCUT2D eigenvalue weighted by Crippen LogP contribution is -2.60. The van der Waals surface area contributed by atoms with Crippen LogP contribution in [0.2, 0.25) is 0 Å². The largest absolute Gasteiger partial charge is 0.459 e. The minimum Gasteiger partial charge on any atom is -0.459 e. The second-order valence-corrected chi connectivity index (χ2v) is 15.9. The molecule has 0 aromatic rings. The quantitative estimate of drug-likeness (QED) is 0.238. The van der Waals surface area contributed by atoms with E-state index in [-0.39, 0.29) is 37.8 Å². The molecule has 5 N–H and O–H groups in total. The highest BCUT2D eigenvalue weighted by atomic mass is 16.7. The van der Waals surface area contributed by atoms with E-state index in [1.54, 1.807) is 34.6 Å². The molecule has 0 amide bonds. The number of cyclic esters (lactones) is 1. The van der Waals surface area contributed by atoms with Gasteiger partial charge in [0.2, 0.25) is 0 Å². The third kappa shape index (κ3) is 9.25. The Hall–Kier alpha value is -1.30. The third-order valence-corrected chi connectivity index (χ3v) is 11.6. The number of esters is 1. The van der Waals surface area contributed by atoms with Gasteiger partial charge in [0.15, 0.2) is 12.6 Å². The first kappa shape index (κ1) is 43.1. The number of ether oxygens (including phenoxy) is 6. The molecule has 3 saturated heterocycles. The molecule has 50 heavy (non-hydrogen) atoms. The summed E-state index contributed by atoms with van der Waals surface area (Å²) in [5, 5.41) is 57.2. The summed E-state index contributed by atoms with van der Waals surface area (Å²) in [5.41, 5.74) is -4.79. The van der Waals surface area contributed by atoms with Crippen LogP contribution in [0.4, 0.5) is 0 Å². The van der Waals surface area contributed by atoms with Crippen molar-refractivity contribution in [3.63, 3.8) is 0 Å². The molecule has 3 aliphatic heterocycles. The van der Waals surface area contributed by atoms with Gasteiger partial charge in [-0.05, 0) is 74.9 Å². The van der Waals surface area contributed by atoms with E-state index in [1.807, 2.05) is 25.9 Å². The Morgan fingerprint density at radius 2 is 1.54 bits per heavy atom. The van der Waals surface area contributed by atoms with Crippen molar-refractivity contribution in [1.82, 2.24) is 4.90 Å². The van der Waals surface area contributed by atoms with Crippen LogP contribution >= 0.6 is 0 Å². The average molecular weight is 720 g/mol. The summed E-state index contributed by atoms with van der Waals surface area (Å²) in [6, 6.07) is -0.318. The van der Waals surface area contributed by atoms with Crippen molar-refractivity contribution >= 4 is 11.8 Å². The Bertz CT molecular complexity index is 1140. The minimum atomic E-state index is -1.98. The Kier molecular flexibility index (Phi) is 14.5. The van der Waals surface area contributed by atoms with Crippen molar-refractivity contribution in [2.75, 3.05) is 21.2 Å². The molecule has 17 atom stereocenters. The van der Waals surface area contributed by atoms with Crippen molar-refractivity contribution in [1.29, 1.82) is 0 Å². The zero-order valence-corrected chi connectivity index (χ0v) is 32.1. The van der Waals surface area contributed by atoms with E-state index in [9.17, 15) is 35.1 Å². The van der Waals surface area contributed by atoms with E-state index in [4.69, 9.17) is 28.4 Å². The molecule has 0 aromatic heterocycles.